The Balaban J connectivity index is 2.61. The van der Waals surface area contributed by atoms with Crippen molar-refractivity contribution in [1.29, 1.82) is 0 Å². The van der Waals surface area contributed by atoms with Crippen LogP contribution >= 0.6 is 11.6 Å². The van der Waals surface area contributed by atoms with Crippen molar-refractivity contribution in [3.63, 3.8) is 0 Å². The van der Waals surface area contributed by atoms with Gasteiger partial charge in [-0.2, -0.15) is 0 Å². The first-order valence-corrected chi connectivity index (χ1v) is 5.28. The van der Waals surface area contributed by atoms with Crippen LogP contribution in [-0.2, 0) is 6.54 Å². The minimum absolute atomic E-state index is 0.337. The van der Waals surface area contributed by atoms with E-state index in [0.717, 1.165) is 5.56 Å². The van der Waals surface area contributed by atoms with Crippen molar-refractivity contribution in [3.05, 3.63) is 35.0 Å². The molecule has 16 heavy (non-hydrogen) atoms. The molecule has 1 aromatic carbocycles. The number of aryl methyl sites for hydroxylation is 1. The minimum Gasteiger partial charge on any atom is -0.296 e. The van der Waals surface area contributed by atoms with Gasteiger partial charge in [0, 0.05) is 17.1 Å². The Morgan fingerprint density at radius 1 is 1.50 bits per heavy atom. The van der Waals surface area contributed by atoms with Gasteiger partial charge in [-0.3, -0.25) is 4.79 Å². The molecule has 0 fully saturated rings. The Hall–Kier alpha value is -1.68. The maximum Gasteiger partial charge on any atom is 0.172 e. The summed E-state index contributed by atoms with van der Waals surface area (Å²) >= 11 is 5.91. The van der Waals surface area contributed by atoms with Gasteiger partial charge in [0.15, 0.2) is 12.0 Å². The minimum atomic E-state index is 0.337. The molecule has 82 valence electrons. The van der Waals surface area contributed by atoms with Crippen LogP contribution in [0, 0.1) is 0 Å². The number of carbonyl (C=O) groups excluding carboxylic acids is 1. The fourth-order valence-corrected chi connectivity index (χ4v) is 1.75. The van der Waals surface area contributed by atoms with Gasteiger partial charge in [-0.25, -0.2) is 4.68 Å². The fourth-order valence-electron chi connectivity index (χ4n) is 1.56. The van der Waals surface area contributed by atoms with E-state index in [-0.39, 0.29) is 0 Å². The van der Waals surface area contributed by atoms with Crippen molar-refractivity contribution in [1.82, 2.24) is 15.0 Å². The molecule has 5 heteroatoms. The summed E-state index contributed by atoms with van der Waals surface area (Å²) in [4.78, 5) is 10.9. The van der Waals surface area contributed by atoms with E-state index >= 15 is 0 Å². The molecule has 0 saturated heterocycles. The van der Waals surface area contributed by atoms with Crippen molar-refractivity contribution in [3.8, 4) is 11.3 Å². The van der Waals surface area contributed by atoms with Gasteiger partial charge in [0.1, 0.15) is 0 Å². The summed E-state index contributed by atoms with van der Waals surface area (Å²) in [5.41, 5.74) is 1.89. The molecule has 0 unspecified atom stereocenters. The summed E-state index contributed by atoms with van der Waals surface area (Å²) in [7, 11) is 0. The summed E-state index contributed by atoms with van der Waals surface area (Å²) in [5.74, 6) is 0. The van der Waals surface area contributed by atoms with Crippen LogP contribution in [0.15, 0.2) is 24.3 Å². The SMILES string of the molecule is CCn1nnc(C=O)c1-c1cccc(Cl)c1. The third-order valence-corrected chi connectivity index (χ3v) is 2.51. The summed E-state index contributed by atoms with van der Waals surface area (Å²) in [6.45, 7) is 2.60. The van der Waals surface area contributed by atoms with Crippen LogP contribution in [0.1, 0.15) is 17.4 Å². The number of rotatable bonds is 3. The third-order valence-electron chi connectivity index (χ3n) is 2.27. The van der Waals surface area contributed by atoms with Gasteiger partial charge in [0.25, 0.3) is 0 Å². The van der Waals surface area contributed by atoms with Crippen molar-refractivity contribution in [2.24, 2.45) is 0 Å². The van der Waals surface area contributed by atoms with E-state index in [4.69, 9.17) is 11.6 Å². The number of benzene rings is 1. The van der Waals surface area contributed by atoms with E-state index in [0.29, 0.717) is 29.2 Å². The van der Waals surface area contributed by atoms with E-state index in [1.807, 2.05) is 19.1 Å². The maximum absolute atomic E-state index is 10.9. The van der Waals surface area contributed by atoms with Crippen LogP contribution in [0.25, 0.3) is 11.3 Å². The van der Waals surface area contributed by atoms with Crippen molar-refractivity contribution in [2.45, 2.75) is 13.5 Å². The molecule has 0 aliphatic carbocycles. The highest BCUT2D eigenvalue weighted by molar-refractivity contribution is 6.30. The summed E-state index contributed by atoms with van der Waals surface area (Å²) < 4.78 is 1.68. The van der Waals surface area contributed by atoms with Crippen molar-refractivity contribution < 1.29 is 4.79 Å². The molecule has 2 aromatic rings. The Morgan fingerprint density at radius 2 is 2.31 bits per heavy atom. The molecular formula is C11H10ClN3O. The van der Waals surface area contributed by atoms with Gasteiger partial charge in [-0.15, -0.1) is 5.10 Å². The molecule has 0 spiro atoms. The zero-order valence-corrected chi connectivity index (χ0v) is 9.48. The lowest BCUT2D eigenvalue weighted by Gasteiger charge is -2.04. The molecule has 0 saturated carbocycles. The van der Waals surface area contributed by atoms with Crippen LogP contribution in [-0.4, -0.2) is 21.3 Å². The standard InChI is InChI=1S/C11H10ClN3O/c1-2-15-11(10(7-16)13-14-15)8-4-3-5-9(12)6-8/h3-7H,2H2,1H3. The van der Waals surface area contributed by atoms with E-state index in [9.17, 15) is 4.79 Å². The van der Waals surface area contributed by atoms with Gasteiger partial charge in [0.2, 0.25) is 0 Å². The second kappa shape index (κ2) is 4.45. The van der Waals surface area contributed by atoms with Crippen LogP contribution < -0.4 is 0 Å². The smallest absolute Gasteiger partial charge is 0.172 e. The number of aromatic nitrogens is 3. The Morgan fingerprint density at radius 3 is 2.94 bits per heavy atom. The lowest BCUT2D eigenvalue weighted by atomic mass is 10.1. The lowest BCUT2D eigenvalue weighted by Crippen LogP contribution is -2.00. The first-order chi connectivity index (χ1) is 7.76. The van der Waals surface area contributed by atoms with E-state index in [1.165, 1.54) is 0 Å². The average Bonchev–Trinajstić information content (AvgIpc) is 2.71. The van der Waals surface area contributed by atoms with Gasteiger partial charge in [0.05, 0.1) is 5.69 Å². The molecule has 0 amide bonds. The van der Waals surface area contributed by atoms with Crippen molar-refractivity contribution >= 4 is 17.9 Å². The molecule has 0 N–H and O–H groups in total. The number of hydrogen-bond donors (Lipinski definition) is 0. The molecule has 0 bridgehead atoms. The Kier molecular flexibility index (Phi) is 3.01. The summed E-state index contributed by atoms with van der Waals surface area (Å²) in [6, 6.07) is 7.29. The molecule has 0 aliphatic heterocycles. The molecule has 0 aliphatic rings. The van der Waals surface area contributed by atoms with E-state index in [1.54, 1.807) is 16.8 Å². The van der Waals surface area contributed by atoms with Gasteiger partial charge in [-0.05, 0) is 19.1 Å². The van der Waals surface area contributed by atoms with E-state index in [2.05, 4.69) is 10.3 Å². The quantitative estimate of drug-likeness (QED) is 0.768. The number of carbonyl (C=O) groups is 1. The number of halogens is 1. The van der Waals surface area contributed by atoms with E-state index < -0.39 is 0 Å². The van der Waals surface area contributed by atoms with Crippen LogP contribution in [0.2, 0.25) is 5.02 Å². The predicted molar refractivity (Wildman–Crippen MR) is 61.5 cm³/mol. The molecular weight excluding hydrogens is 226 g/mol. The maximum atomic E-state index is 10.9. The number of nitrogens with zero attached hydrogens (tertiary/aromatic N) is 3. The zero-order valence-electron chi connectivity index (χ0n) is 8.72. The van der Waals surface area contributed by atoms with Crippen LogP contribution in [0.5, 0.6) is 0 Å². The van der Waals surface area contributed by atoms with Crippen LogP contribution in [0.3, 0.4) is 0 Å². The molecule has 1 heterocycles. The highest BCUT2D eigenvalue weighted by Crippen LogP contribution is 2.24. The predicted octanol–water partition coefficient (Wildman–Crippen LogP) is 2.43. The third kappa shape index (κ3) is 1.84. The number of hydrogen-bond acceptors (Lipinski definition) is 3. The van der Waals surface area contributed by atoms with Gasteiger partial charge in [-0.1, -0.05) is 28.9 Å². The van der Waals surface area contributed by atoms with Crippen LogP contribution in [0.4, 0.5) is 0 Å². The first-order valence-electron chi connectivity index (χ1n) is 4.91. The zero-order chi connectivity index (χ0) is 11.5. The normalized spacial score (nSPS) is 10.4. The highest BCUT2D eigenvalue weighted by Gasteiger charge is 2.13. The monoisotopic (exact) mass is 235 g/mol. The first kappa shape index (κ1) is 10.8. The molecule has 2 rings (SSSR count). The number of aldehydes is 1. The average molecular weight is 236 g/mol. The lowest BCUT2D eigenvalue weighted by molar-refractivity contribution is 0.111. The molecule has 4 nitrogen and oxygen atoms in total. The largest absolute Gasteiger partial charge is 0.296 e. The summed E-state index contributed by atoms with van der Waals surface area (Å²) in [5, 5.41) is 8.34. The van der Waals surface area contributed by atoms with Gasteiger partial charge >= 0.3 is 0 Å². The fraction of sp³-hybridized carbons (Fsp3) is 0.182. The van der Waals surface area contributed by atoms with Crippen molar-refractivity contribution in [2.75, 3.05) is 0 Å². The molecule has 0 radical (unpaired) electrons. The second-order valence-corrected chi connectivity index (χ2v) is 3.70. The molecule has 1 aromatic heterocycles. The summed E-state index contributed by atoms with van der Waals surface area (Å²) in [6.07, 6.45) is 0.704. The van der Waals surface area contributed by atoms with Gasteiger partial charge < -0.3 is 0 Å². The second-order valence-electron chi connectivity index (χ2n) is 3.27. The Bertz CT molecular complexity index is 522. The molecule has 0 atom stereocenters. The Labute approximate surface area is 97.8 Å². The highest BCUT2D eigenvalue weighted by atomic mass is 35.5. The topological polar surface area (TPSA) is 47.8 Å².